The molecule has 0 spiro atoms. The summed E-state index contributed by atoms with van der Waals surface area (Å²) in [7, 11) is 1.52. The second kappa shape index (κ2) is 6.72. The Labute approximate surface area is 163 Å². The van der Waals surface area contributed by atoms with Gasteiger partial charge in [-0.15, -0.1) is 11.3 Å². The number of para-hydroxylation sites is 1. The minimum absolute atomic E-state index is 0.209. The Morgan fingerprint density at radius 1 is 1.19 bits per heavy atom. The summed E-state index contributed by atoms with van der Waals surface area (Å²) >= 11 is 7.41. The summed E-state index contributed by atoms with van der Waals surface area (Å²) in [6.45, 7) is 1.85. The highest BCUT2D eigenvalue weighted by Crippen LogP contribution is 2.33. The number of aromatic amines is 1. The van der Waals surface area contributed by atoms with E-state index in [1.54, 1.807) is 18.2 Å². The zero-order chi connectivity index (χ0) is 19.1. The number of rotatable bonds is 3. The normalized spacial score (nSPS) is 11.1. The topological polar surface area (TPSA) is 71.2 Å². The number of hydrogen-bond acceptors (Lipinski definition) is 4. The van der Waals surface area contributed by atoms with Crippen LogP contribution in [0, 0.1) is 6.92 Å². The number of carbonyl (C=O) groups excluding carboxylic acids is 1. The molecular formula is C20H15ClN2O3S. The van der Waals surface area contributed by atoms with Crippen molar-refractivity contribution < 1.29 is 9.53 Å². The van der Waals surface area contributed by atoms with E-state index < -0.39 is 0 Å². The van der Waals surface area contributed by atoms with E-state index in [0.29, 0.717) is 26.7 Å². The van der Waals surface area contributed by atoms with Crippen molar-refractivity contribution >= 4 is 55.5 Å². The van der Waals surface area contributed by atoms with Gasteiger partial charge >= 0.3 is 0 Å². The highest BCUT2D eigenvalue weighted by molar-refractivity contribution is 7.21. The molecule has 2 N–H and O–H groups in total. The number of thiophene rings is 1. The van der Waals surface area contributed by atoms with Crippen LogP contribution >= 0.6 is 22.9 Å². The molecule has 4 aromatic rings. The Kier molecular flexibility index (Phi) is 4.37. The summed E-state index contributed by atoms with van der Waals surface area (Å²) in [6.07, 6.45) is 0. The molecule has 2 aromatic heterocycles. The standard InChI is InChI=1S/C20H15ClN2O3S/c1-10-7-15(16(26-2)9-13(10)21)23-20(25)17-8-12-18(27-17)11-5-3-4-6-14(11)22-19(12)24/h3-9H,1-2H3,(H,22,24)(H,23,25). The third-order valence-corrected chi connectivity index (χ3v) is 5.92. The Bertz CT molecular complexity index is 1260. The first-order valence-corrected chi connectivity index (χ1v) is 9.37. The highest BCUT2D eigenvalue weighted by Gasteiger charge is 2.17. The second-order valence-electron chi connectivity index (χ2n) is 6.11. The fourth-order valence-corrected chi connectivity index (χ4v) is 4.21. The molecule has 27 heavy (non-hydrogen) atoms. The number of carbonyl (C=O) groups is 1. The van der Waals surface area contributed by atoms with Crippen molar-refractivity contribution in [2.45, 2.75) is 6.92 Å². The van der Waals surface area contributed by atoms with Crippen LogP contribution in [0.4, 0.5) is 5.69 Å². The first-order chi connectivity index (χ1) is 13.0. The summed E-state index contributed by atoms with van der Waals surface area (Å²) in [6, 6.07) is 12.6. The quantitative estimate of drug-likeness (QED) is 0.512. The molecule has 0 fully saturated rings. The van der Waals surface area contributed by atoms with Gasteiger partial charge in [0.1, 0.15) is 5.75 Å². The zero-order valence-electron chi connectivity index (χ0n) is 14.6. The number of ether oxygens (including phenoxy) is 1. The highest BCUT2D eigenvalue weighted by atomic mass is 35.5. The second-order valence-corrected chi connectivity index (χ2v) is 7.57. The molecule has 0 radical (unpaired) electrons. The minimum atomic E-state index is -0.306. The summed E-state index contributed by atoms with van der Waals surface area (Å²) < 4.78 is 6.09. The van der Waals surface area contributed by atoms with Crippen LogP contribution in [0.15, 0.2) is 47.3 Å². The smallest absolute Gasteiger partial charge is 0.265 e. The number of fused-ring (bicyclic) bond motifs is 3. The number of pyridine rings is 1. The van der Waals surface area contributed by atoms with Crippen molar-refractivity contribution in [3.8, 4) is 5.75 Å². The van der Waals surface area contributed by atoms with Crippen molar-refractivity contribution in [1.82, 2.24) is 4.98 Å². The number of benzene rings is 2. The Morgan fingerprint density at radius 3 is 2.74 bits per heavy atom. The maximum absolute atomic E-state index is 12.8. The molecule has 2 heterocycles. The van der Waals surface area contributed by atoms with Crippen LogP contribution in [0.5, 0.6) is 5.75 Å². The molecular weight excluding hydrogens is 384 g/mol. The number of methoxy groups -OCH3 is 1. The number of nitrogens with one attached hydrogen (secondary N) is 2. The average Bonchev–Trinajstić information content (AvgIpc) is 3.11. The minimum Gasteiger partial charge on any atom is -0.495 e. The lowest BCUT2D eigenvalue weighted by molar-refractivity contribution is 0.103. The molecule has 136 valence electrons. The molecule has 4 rings (SSSR count). The molecule has 1 amide bonds. The molecule has 0 aliphatic rings. The summed E-state index contributed by atoms with van der Waals surface area (Å²) in [4.78, 5) is 28.4. The van der Waals surface area contributed by atoms with Crippen molar-refractivity contribution in [1.29, 1.82) is 0 Å². The number of H-pyrrole nitrogens is 1. The zero-order valence-corrected chi connectivity index (χ0v) is 16.1. The van der Waals surface area contributed by atoms with Gasteiger partial charge in [-0.2, -0.15) is 0 Å². The molecule has 7 heteroatoms. The van der Waals surface area contributed by atoms with Crippen LogP contribution in [-0.2, 0) is 0 Å². The molecule has 0 atom stereocenters. The van der Waals surface area contributed by atoms with Gasteiger partial charge in [-0.05, 0) is 30.7 Å². The SMILES string of the molecule is COc1cc(Cl)c(C)cc1NC(=O)c1cc2c(=O)[nH]c3ccccc3c2s1. The van der Waals surface area contributed by atoms with Crippen LogP contribution in [-0.4, -0.2) is 18.0 Å². The fraction of sp³-hybridized carbons (Fsp3) is 0.100. The molecule has 5 nitrogen and oxygen atoms in total. The van der Waals surface area contributed by atoms with Crippen LogP contribution in [0.1, 0.15) is 15.2 Å². The van der Waals surface area contributed by atoms with Crippen LogP contribution in [0.3, 0.4) is 0 Å². The van der Waals surface area contributed by atoms with Crippen molar-refractivity contribution in [2.75, 3.05) is 12.4 Å². The van der Waals surface area contributed by atoms with Crippen molar-refractivity contribution in [3.63, 3.8) is 0 Å². The van der Waals surface area contributed by atoms with E-state index in [1.807, 2.05) is 31.2 Å². The summed E-state index contributed by atoms with van der Waals surface area (Å²) in [5, 5.41) is 4.83. The lowest BCUT2D eigenvalue weighted by Gasteiger charge is -2.11. The number of aromatic nitrogens is 1. The first-order valence-electron chi connectivity index (χ1n) is 8.18. The van der Waals surface area contributed by atoms with Crippen LogP contribution in [0.2, 0.25) is 5.02 Å². The largest absolute Gasteiger partial charge is 0.495 e. The van der Waals surface area contributed by atoms with E-state index >= 15 is 0 Å². The van der Waals surface area contributed by atoms with Gasteiger partial charge in [0.05, 0.1) is 23.1 Å². The van der Waals surface area contributed by atoms with Crippen LogP contribution in [0.25, 0.3) is 21.0 Å². The van der Waals surface area contributed by atoms with E-state index in [1.165, 1.54) is 18.4 Å². The Balaban J connectivity index is 1.78. The van der Waals surface area contributed by atoms with Gasteiger partial charge < -0.3 is 15.0 Å². The van der Waals surface area contributed by atoms with Crippen molar-refractivity contribution in [2.24, 2.45) is 0 Å². The number of hydrogen-bond donors (Lipinski definition) is 2. The van der Waals surface area contributed by atoms with Gasteiger partial charge in [-0.1, -0.05) is 29.8 Å². The average molecular weight is 399 g/mol. The van der Waals surface area contributed by atoms with Gasteiger partial charge in [-0.25, -0.2) is 0 Å². The van der Waals surface area contributed by atoms with Gasteiger partial charge in [0.2, 0.25) is 0 Å². The number of aryl methyl sites for hydroxylation is 1. The predicted octanol–water partition coefficient (Wildman–Crippen LogP) is 4.97. The lowest BCUT2D eigenvalue weighted by Crippen LogP contribution is -2.11. The lowest BCUT2D eigenvalue weighted by atomic mass is 10.2. The number of anilines is 1. The molecule has 0 saturated heterocycles. The van der Waals surface area contributed by atoms with Crippen LogP contribution < -0.4 is 15.6 Å². The van der Waals surface area contributed by atoms with Gasteiger partial charge in [0.25, 0.3) is 11.5 Å². The summed E-state index contributed by atoms with van der Waals surface area (Å²) in [5.41, 5.74) is 1.89. The third-order valence-electron chi connectivity index (χ3n) is 4.35. The van der Waals surface area contributed by atoms with Crippen molar-refractivity contribution in [3.05, 3.63) is 68.3 Å². The molecule has 0 saturated carbocycles. The maximum atomic E-state index is 12.8. The van der Waals surface area contributed by atoms with E-state index in [4.69, 9.17) is 16.3 Å². The number of amides is 1. The molecule has 0 unspecified atom stereocenters. The third kappa shape index (κ3) is 3.07. The first kappa shape index (κ1) is 17.6. The molecule has 0 aliphatic heterocycles. The fourth-order valence-electron chi connectivity index (χ4n) is 2.97. The van der Waals surface area contributed by atoms with Gasteiger partial charge in [0, 0.05) is 26.7 Å². The van der Waals surface area contributed by atoms with E-state index in [9.17, 15) is 9.59 Å². The van der Waals surface area contributed by atoms with Gasteiger partial charge in [0.15, 0.2) is 0 Å². The molecule has 0 bridgehead atoms. The number of halogens is 1. The predicted molar refractivity (Wildman–Crippen MR) is 111 cm³/mol. The maximum Gasteiger partial charge on any atom is 0.265 e. The Hall–Kier alpha value is -2.83. The molecule has 2 aromatic carbocycles. The summed E-state index contributed by atoms with van der Waals surface area (Å²) in [5.74, 6) is 0.170. The van der Waals surface area contributed by atoms with Gasteiger partial charge in [-0.3, -0.25) is 9.59 Å². The Morgan fingerprint density at radius 2 is 1.96 bits per heavy atom. The molecule has 0 aliphatic carbocycles. The van der Waals surface area contributed by atoms with E-state index in [-0.39, 0.29) is 11.5 Å². The van der Waals surface area contributed by atoms with E-state index in [2.05, 4.69) is 10.3 Å². The van der Waals surface area contributed by atoms with E-state index in [0.717, 1.165) is 21.2 Å². The monoisotopic (exact) mass is 398 g/mol.